The highest BCUT2D eigenvalue weighted by molar-refractivity contribution is 7.80. The molecular formula is C20H24N2OS. The monoisotopic (exact) mass is 340 g/mol. The van der Waals surface area contributed by atoms with Crippen molar-refractivity contribution in [2.75, 3.05) is 19.0 Å². The maximum atomic E-state index is 5.45. The predicted octanol–water partition coefficient (Wildman–Crippen LogP) is 4.10. The average Bonchev–Trinajstić information content (AvgIpc) is 2.63. The lowest BCUT2D eigenvalue weighted by Crippen LogP contribution is -2.30. The Kier molecular flexibility index (Phi) is 5.70. The second-order valence-corrected chi connectivity index (χ2v) is 6.54. The summed E-state index contributed by atoms with van der Waals surface area (Å²) in [6.45, 7) is 0.813. The van der Waals surface area contributed by atoms with E-state index in [0.29, 0.717) is 5.11 Å². The standard InChI is InChI=1S/C20H24N2OS/c1-23-17-11-9-15(10-12-17)13-14-21-20(24)22-19-8-4-6-16-5-2-3-7-18(16)19/h4,6,8-12H,2-3,5,7,13-14H2,1H3,(H2,21,22,24). The van der Waals surface area contributed by atoms with E-state index in [2.05, 4.69) is 41.0 Å². The van der Waals surface area contributed by atoms with Crippen LogP contribution in [0, 0.1) is 0 Å². The third kappa shape index (κ3) is 4.26. The SMILES string of the molecule is COc1ccc(CCNC(=S)Nc2cccc3c2CCCC3)cc1. The fraction of sp³-hybridized carbons (Fsp3) is 0.350. The van der Waals surface area contributed by atoms with Gasteiger partial charge in [0, 0.05) is 12.2 Å². The lowest BCUT2D eigenvalue weighted by atomic mass is 9.90. The zero-order valence-corrected chi connectivity index (χ0v) is 14.9. The van der Waals surface area contributed by atoms with Crippen LogP contribution >= 0.6 is 12.2 Å². The summed E-state index contributed by atoms with van der Waals surface area (Å²) >= 11 is 5.45. The van der Waals surface area contributed by atoms with E-state index in [9.17, 15) is 0 Å². The second kappa shape index (κ2) is 8.15. The van der Waals surface area contributed by atoms with Gasteiger partial charge in [0.2, 0.25) is 0 Å². The lowest BCUT2D eigenvalue weighted by molar-refractivity contribution is 0.414. The van der Waals surface area contributed by atoms with Gasteiger partial charge in [-0.15, -0.1) is 0 Å². The van der Waals surface area contributed by atoms with Gasteiger partial charge < -0.3 is 15.4 Å². The van der Waals surface area contributed by atoms with Crippen molar-refractivity contribution < 1.29 is 4.74 Å². The quantitative estimate of drug-likeness (QED) is 0.803. The van der Waals surface area contributed by atoms with Crippen LogP contribution in [-0.4, -0.2) is 18.8 Å². The summed E-state index contributed by atoms with van der Waals surface area (Å²) in [5.41, 5.74) is 5.33. The first kappa shape index (κ1) is 16.8. The number of aryl methyl sites for hydroxylation is 1. The molecule has 0 bridgehead atoms. The Labute approximate surface area is 149 Å². The molecule has 2 aromatic carbocycles. The van der Waals surface area contributed by atoms with Gasteiger partial charge in [-0.2, -0.15) is 0 Å². The molecule has 0 atom stereocenters. The molecule has 0 saturated heterocycles. The second-order valence-electron chi connectivity index (χ2n) is 6.13. The molecule has 24 heavy (non-hydrogen) atoms. The Bertz CT molecular complexity index is 697. The van der Waals surface area contributed by atoms with Crippen molar-refractivity contribution in [2.24, 2.45) is 0 Å². The minimum absolute atomic E-state index is 0.697. The van der Waals surface area contributed by atoms with Gasteiger partial charge in [-0.3, -0.25) is 0 Å². The number of methoxy groups -OCH3 is 1. The van der Waals surface area contributed by atoms with Crippen molar-refractivity contribution in [1.82, 2.24) is 5.32 Å². The van der Waals surface area contributed by atoms with E-state index in [4.69, 9.17) is 17.0 Å². The highest BCUT2D eigenvalue weighted by Crippen LogP contribution is 2.27. The van der Waals surface area contributed by atoms with Crippen LogP contribution < -0.4 is 15.4 Å². The third-order valence-electron chi connectivity index (χ3n) is 4.50. The number of hydrogen-bond acceptors (Lipinski definition) is 2. The summed E-state index contributed by atoms with van der Waals surface area (Å²) in [5.74, 6) is 0.887. The van der Waals surface area contributed by atoms with E-state index in [1.54, 1.807) is 7.11 Å². The molecular weight excluding hydrogens is 316 g/mol. The van der Waals surface area contributed by atoms with Crippen LogP contribution in [0.3, 0.4) is 0 Å². The van der Waals surface area contributed by atoms with E-state index in [-0.39, 0.29) is 0 Å². The van der Waals surface area contributed by atoms with Crippen molar-refractivity contribution in [3.05, 3.63) is 59.2 Å². The van der Waals surface area contributed by atoms with E-state index in [1.807, 2.05) is 12.1 Å². The molecule has 0 radical (unpaired) electrons. The molecule has 1 aliphatic rings. The smallest absolute Gasteiger partial charge is 0.170 e. The number of ether oxygens (including phenoxy) is 1. The zero-order valence-electron chi connectivity index (χ0n) is 14.1. The lowest BCUT2D eigenvalue weighted by Gasteiger charge is -2.20. The maximum absolute atomic E-state index is 5.45. The number of rotatable bonds is 5. The number of nitrogens with one attached hydrogen (secondary N) is 2. The van der Waals surface area contributed by atoms with Crippen molar-refractivity contribution in [3.8, 4) is 5.75 Å². The number of thiocarbonyl (C=S) groups is 1. The molecule has 0 unspecified atom stereocenters. The van der Waals surface area contributed by atoms with Crippen LogP contribution in [0.15, 0.2) is 42.5 Å². The Morgan fingerprint density at radius 3 is 2.67 bits per heavy atom. The number of fused-ring (bicyclic) bond motifs is 1. The topological polar surface area (TPSA) is 33.3 Å². The normalized spacial score (nSPS) is 13.0. The highest BCUT2D eigenvalue weighted by atomic mass is 32.1. The zero-order chi connectivity index (χ0) is 16.8. The molecule has 0 aromatic heterocycles. The predicted molar refractivity (Wildman–Crippen MR) is 104 cm³/mol. The van der Waals surface area contributed by atoms with Gasteiger partial charge in [-0.05, 0) is 79.2 Å². The van der Waals surface area contributed by atoms with Crippen LogP contribution in [0.4, 0.5) is 5.69 Å². The van der Waals surface area contributed by atoms with E-state index in [1.165, 1.54) is 36.0 Å². The van der Waals surface area contributed by atoms with Crippen LogP contribution in [0.1, 0.15) is 29.5 Å². The van der Waals surface area contributed by atoms with Crippen LogP contribution in [0.25, 0.3) is 0 Å². The van der Waals surface area contributed by atoms with Gasteiger partial charge in [0.05, 0.1) is 7.11 Å². The van der Waals surface area contributed by atoms with Gasteiger partial charge in [0.1, 0.15) is 5.75 Å². The molecule has 3 nitrogen and oxygen atoms in total. The largest absolute Gasteiger partial charge is 0.497 e. The summed E-state index contributed by atoms with van der Waals surface area (Å²) in [5, 5.41) is 7.38. The molecule has 4 heteroatoms. The van der Waals surface area contributed by atoms with Crippen molar-refractivity contribution >= 4 is 23.0 Å². The molecule has 126 valence electrons. The molecule has 0 amide bonds. The minimum Gasteiger partial charge on any atom is -0.497 e. The molecule has 0 heterocycles. The fourth-order valence-electron chi connectivity index (χ4n) is 3.18. The fourth-order valence-corrected chi connectivity index (χ4v) is 3.39. The molecule has 2 N–H and O–H groups in total. The third-order valence-corrected chi connectivity index (χ3v) is 4.75. The Morgan fingerprint density at radius 2 is 1.88 bits per heavy atom. The van der Waals surface area contributed by atoms with Crippen molar-refractivity contribution in [3.63, 3.8) is 0 Å². The van der Waals surface area contributed by atoms with E-state index in [0.717, 1.165) is 30.8 Å². The Balaban J connectivity index is 1.51. The summed E-state index contributed by atoms with van der Waals surface area (Å²) in [6.07, 6.45) is 5.82. The number of benzene rings is 2. The van der Waals surface area contributed by atoms with Crippen LogP contribution in [0.2, 0.25) is 0 Å². The molecule has 3 rings (SSSR count). The van der Waals surface area contributed by atoms with Crippen molar-refractivity contribution in [2.45, 2.75) is 32.1 Å². The van der Waals surface area contributed by atoms with Gasteiger partial charge in [0.25, 0.3) is 0 Å². The summed E-state index contributed by atoms with van der Waals surface area (Å²) in [6, 6.07) is 14.6. The van der Waals surface area contributed by atoms with Gasteiger partial charge >= 0.3 is 0 Å². The molecule has 2 aromatic rings. The van der Waals surface area contributed by atoms with E-state index >= 15 is 0 Å². The molecule has 0 fully saturated rings. The average molecular weight is 340 g/mol. The molecule has 0 spiro atoms. The first-order valence-electron chi connectivity index (χ1n) is 8.55. The van der Waals surface area contributed by atoms with Gasteiger partial charge in [-0.1, -0.05) is 24.3 Å². The highest BCUT2D eigenvalue weighted by Gasteiger charge is 2.13. The Morgan fingerprint density at radius 1 is 1.08 bits per heavy atom. The van der Waals surface area contributed by atoms with Crippen LogP contribution in [-0.2, 0) is 19.3 Å². The summed E-state index contributed by atoms with van der Waals surface area (Å²) in [4.78, 5) is 0. The minimum atomic E-state index is 0.697. The summed E-state index contributed by atoms with van der Waals surface area (Å²) < 4.78 is 5.18. The molecule has 0 aliphatic heterocycles. The van der Waals surface area contributed by atoms with E-state index < -0.39 is 0 Å². The maximum Gasteiger partial charge on any atom is 0.170 e. The van der Waals surface area contributed by atoms with Gasteiger partial charge in [0.15, 0.2) is 5.11 Å². The van der Waals surface area contributed by atoms with Gasteiger partial charge in [-0.25, -0.2) is 0 Å². The molecule has 1 aliphatic carbocycles. The van der Waals surface area contributed by atoms with Crippen molar-refractivity contribution in [1.29, 1.82) is 0 Å². The first-order valence-corrected chi connectivity index (χ1v) is 8.95. The first-order chi connectivity index (χ1) is 11.8. The number of anilines is 1. The summed E-state index contributed by atoms with van der Waals surface area (Å²) in [7, 11) is 1.68. The molecule has 0 saturated carbocycles. The van der Waals surface area contributed by atoms with Crippen LogP contribution in [0.5, 0.6) is 5.75 Å². The number of hydrogen-bond donors (Lipinski definition) is 2. The Hall–Kier alpha value is -2.07.